The number of hydrogen-bond donors (Lipinski definition) is 0. The highest BCUT2D eigenvalue weighted by atomic mass is 16.6. The molecule has 144 valence electrons. The number of aromatic nitrogens is 2. The van der Waals surface area contributed by atoms with Crippen molar-refractivity contribution in [1.82, 2.24) is 15.0 Å². The molecule has 0 spiro atoms. The monoisotopic (exact) mass is 380 g/mol. The van der Waals surface area contributed by atoms with Gasteiger partial charge in [0.1, 0.15) is 0 Å². The fourth-order valence-electron chi connectivity index (χ4n) is 3.36. The van der Waals surface area contributed by atoms with Crippen LogP contribution in [0.1, 0.15) is 59.0 Å². The van der Waals surface area contributed by atoms with Gasteiger partial charge >= 0.3 is 0 Å². The van der Waals surface area contributed by atoms with Crippen LogP contribution in [0, 0.1) is 17.0 Å². The SMILES string of the molecule is Cc1noc2nc(C3CC3)cc(C(=O)N(C)C(C)c3cccc([N+](=O)[O-])c3)c12. The van der Waals surface area contributed by atoms with Gasteiger partial charge in [0.25, 0.3) is 17.3 Å². The predicted octanol–water partition coefficient (Wildman–Crippen LogP) is 4.15. The second-order valence-electron chi connectivity index (χ2n) is 7.26. The second-order valence-corrected chi connectivity index (χ2v) is 7.26. The molecule has 2 aromatic heterocycles. The highest BCUT2D eigenvalue weighted by Gasteiger charge is 2.30. The number of benzene rings is 1. The zero-order chi connectivity index (χ0) is 20.0. The second kappa shape index (κ2) is 6.70. The molecule has 4 rings (SSSR count). The first kappa shape index (κ1) is 18.1. The largest absolute Gasteiger partial charge is 0.336 e. The fourth-order valence-corrected chi connectivity index (χ4v) is 3.36. The van der Waals surface area contributed by atoms with E-state index in [0.717, 1.165) is 18.5 Å². The lowest BCUT2D eigenvalue weighted by Crippen LogP contribution is -2.30. The highest BCUT2D eigenvalue weighted by molar-refractivity contribution is 6.06. The highest BCUT2D eigenvalue weighted by Crippen LogP contribution is 2.40. The fraction of sp³-hybridized carbons (Fsp3) is 0.350. The first-order valence-electron chi connectivity index (χ1n) is 9.15. The summed E-state index contributed by atoms with van der Waals surface area (Å²) in [6.45, 7) is 3.63. The molecule has 1 fully saturated rings. The molecule has 3 aromatic rings. The zero-order valence-corrected chi connectivity index (χ0v) is 15.9. The molecule has 0 bridgehead atoms. The summed E-state index contributed by atoms with van der Waals surface area (Å²) >= 11 is 0. The van der Waals surface area contributed by atoms with Gasteiger partial charge in [-0.1, -0.05) is 17.3 Å². The van der Waals surface area contributed by atoms with Gasteiger partial charge in [0.2, 0.25) is 0 Å². The first-order chi connectivity index (χ1) is 13.4. The maximum absolute atomic E-state index is 13.3. The molecule has 2 heterocycles. The Bertz CT molecular complexity index is 1090. The van der Waals surface area contributed by atoms with Crippen LogP contribution in [-0.2, 0) is 0 Å². The van der Waals surface area contributed by atoms with E-state index in [1.165, 1.54) is 12.1 Å². The number of rotatable bonds is 5. The maximum Gasteiger partial charge on any atom is 0.269 e. The Morgan fingerprint density at radius 2 is 2.11 bits per heavy atom. The van der Waals surface area contributed by atoms with Crippen molar-refractivity contribution in [3.8, 4) is 0 Å². The third kappa shape index (κ3) is 3.11. The van der Waals surface area contributed by atoms with Gasteiger partial charge < -0.3 is 9.42 Å². The summed E-state index contributed by atoms with van der Waals surface area (Å²) in [6.07, 6.45) is 2.11. The molecule has 1 amide bonds. The van der Waals surface area contributed by atoms with Crippen LogP contribution in [0.5, 0.6) is 0 Å². The lowest BCUT2D eigenvalue weighted by Gasteiger charge is -2.25. The smallest absolute Gasteiger partial charge is 0.269 e. The van der Waals surface area contributed by atoms with E-state index in [1.807, 2.05) is 13.0 Å². The molecule has 1 saturated carbocycles. The molecule has 28 heavy (non-hydrogen) atoms. The molecule has 0 aliphatic heterocycles. The van der Waals surface area contributed by atoms with E-state index in [2.05, 4.69) is 10.1 Å². The maximum atomic E-state index is 13.3. The molecule has 1 aromatic carbocycles. The van der Waals surface area contributed by atoms with Crippen molar-refractivity contribution < 1.29 is 14.2 Å². The van der Waals surface area contributed by atoms with Crippen molar-refractivity contribution in [2.75, 3.05) is 7.05 Å². The number of nitro benzene ring substituents is 1. The molecule has 8 nitrogen and oxygen atoms in total. The molecule has 0 radical (unpaired) electrons. The summed E-state index contributed by atoms with van der Waals surface area (Å²) < 4.78 is 5.32. The Morgan fingerprint density at radius 3 is 2.79 bits per heavy atom. The van der Waals surface area contributed by atoms with Crippen LogP contribution in [0.4, 0.5) is 5.69 Å². The van der Waals surface area contributed by atoms with Crippen molar-refractivity contribution in [3.63, 3.8) is 0 Å². The number of carbonyl (C=O) groups is 1. The minimum atomic E-state index is -0.438. The molecular formula is C20H20N4O4. The van der Waals surface area contributed by atoms with Crippen LogP contribution in [0.15, 0.2) is 34.9 Å². The number of nitrogens with zero attached hydrogens (tertiary/aromatic N) is 4. The van der Waals surface area contributed by atoms with Gasteiger partial charge in [-0.3, -0.25) is 14.9 Å². The van der Waals surface area contributed by atoms with Crippen LogP contribution >= 0.6 is 0 Å². The molecule has 1 aliphatic rings. The Labute approximate surface area is 161 Å². The average Bonchev–Trinajstić information content (AvgIpc) is 3.49. The Morgan fingerprint density at radius 1 is 1.36 bits per heavy atom. The van der Waals surface area contributed by atoms with Gasteiger partial charge in [0.05, 0.1) is 27.6 Å². The molecule has 1 atom stereocenters. The number of hydrogen-bond acceptors (Lipinski definition) is 6. The Balaban J connectivity index is 1.71. The number of amides is 1. The van der Waals surface area contributed by atoms with Crippen LogP contribution < -0.4 is 0 Å². The predicted molar refractivity (Wildman–Crippen MR) is 102 cm³/mol. The number of nitro groups is 1. The van der Waals surface area contributed by atoms with E-state index < -0.39 is 4.92 Å². The zero-order valence-electron chi connectivity index (χ0n) is 15.9. The first-order valence-corrected chi connectivity index (χ1v) is 9.15. The van der Waals surface area contributed by atoms with Gasteiger partial charge in [0, 0.05) is 30.8 Å². The van der Waals surface area contributed by atoms with Crippen molar-refractivity contribution in [1.29, 1.82) is 0 Å². The molecule has 0 N–H and O–H groups in total. The summed E-state index contributed by atoms with van der Waals surface area (Å²) in [5, 5.41) is 15.7. The average molecular weight is 380 g/mol. The lowest BCUT2D eigenvalue weighted by molar-refractivity contribution is -0.384. The van der Waals surface area contributed by atoms with Gasteiger partial charge in [-0.05, 0) is 38.3 Å². The summed E-state index contributed by atoms with van der Waals surface area (Å²) in [4.78, 5) is 30.1. The molecule has 1 aliphatic carbocycles. The van der Waals surface area contributed by atoms with E-state index in [4.69, 9.17) is 4.52 Å². The Hall–Kier alpha value is -3.29. The minimum Gasteiger partial charge on any atom is -0.336 e. The van der Waals surface area contributed by atoms with Crippen molar-refractivity contribution in [2.45, 2.75) is 38.6 Å². The molecule has 8 heteroatoms. The number of pyridine rings is 1. The van der Waals surface area contributed by atoms with Crippen molar-refractivity contribution in [2.24, 2.45) is 0 Å². The third-order valence-electron chi connectivity index (χ3n) is 5.33. The summed E-state index contributed by atoms with van der Waals surface area (Å²) in [5.41, 5.74) is 3.04. The number of carbonyl (C=O) groups excluding carboxylic acids is 1. The quantitative estimate of drug-likeness (QED) is 0.487. The van der Waals surface area contributed by atoms with E-state index in [-0.39, 0.29) is 17.6 Å². The van der Waals surface area contributed by atoms with E-state index >= 15 is 0 Å². The van der Waals surface area contributed by atoms with Crippen molar-refractivity contribution in [3.05, 3.63) is 63.0 Å². The summed E-state index contributed by atoms with van der Waals surface area (Å²) in [6, 6.07) is 7.83. The topological polar surface area (TPSA) is 102 Å². The molecule has 0 saturated heterocycles. The van der Waals surface area contributed by atoms with Crippen LogP contribution in [0.2, 0.25) is 0 Å². The lowest BCUT2D eigenvalue weighted by atomic mass is 10.0. The number of aryl methyl sites for hydroxylation is 1. The van der Waals surface area contributed by atoms with E-state index in [9.17, 15) is 14.9 Å². The Kier molecular flexibility index (Phi) is 4.33. The summed E-state index contributed by atoms with van der Waals surface area (Å²) in [7, 11) is 1.69. The van der Waals surface area contributed by atoms with Crippen LogP contribution in [-0.4, -0.2) is 32.9 Å². The van der Waals surface area contributed by atoms with Gasteiger partial charge in [0.15, 0.2) is 0 Å². The minimum absolute atomic E-state index is 0.00222. The molecular weight excluding hydrogens is 360 g/mol. The normalized spacial score (nSPS) is 14.8. The van der Waals surface area contributed by atoms with Gasteiger partial charge in [-0.2, -0.15) is 0 Å². The standard InChI is InChI=1S/C20H20N4O4/c1-11-18-16(10-17(13-7-8-13)21-19(18)28-22-11)20(25)23(3)12(2)14-5-4-6-15(9-14)24(26)27/h4-6,9-10,12-13H,7-8H2,1-3H3. The third-order valence-corrected chi connectivity index (χ3v) is 5.33. The number of fused-ring (bicyclic) bond motifs is 1. The number of non-ortho nitro benzene ring substituents is 1. The van der Waals surface area contributed by atoms with Crippen molar-refractivity contribution >= 4 is 22.7 Å². The van der Waals surface area contributed by atoms with Gasteiger partial charge in [-0.25, -0.2) is 4.98 Å². The van der Waals surface area contributed by atoms with E-state index in [1.54, 1.807) is 31.0 Å². The van der Waals surface area contributed by atoms with Gasteiger partial charge in [-0.15, -0.1) is 0 Å². The van der Waals surface area contributed by atoms with Crippen LogP contribution in [0.25, 0.3) is 11.1 Å². The van der Waals surface area contributed by atoms with Crippen LogP contribution in [0.3, 0.4) is 0 Å². The molecule has 1 unspecified atom stereocenters. The van der Waals surface area contributed by atoms with E-state index in [0.29, 0.717) is 33.8 Å². The summed E-state index contributed by atoms with van der Waals surface area (Å²) in [5.74, 6) is 0.167.